The van der Waals surface area contributed by atoms with Gasteiger partial charge in [-0.1, -0.05) is 0 Å². The van der Waals surface area contributed by atoms with Crippen LogP contribution in [0.4, 0.5) is 5.69 Å². The SMILES string of the molecule is O=[N+]([O-])c1ccc2sc([S@@](=O)C[C@H]3CCCNC3)nc2c1. The number of rotatable bonds is 4. The second-order valence-electron chi connectivity index (χ2n) is 5.11. The molecule has 1 saturated heterocycles. The summed E-state index contributed by atoms with van der Waals surface area (Å²) in [6.45, 7) is 1.94. The zero-order chi connectivity index (χ0) is 14.8. The highest BCUT2D eigenvalue weighted by atomic mass is 32.2. The number of nitrogens with zero attached hydrogens (tertiary/aromatic N) is 2. The van der Waals surface area contributed by atoms with Crippen LogP contribution in [0.1, 0.15) is 12.8 Å². The van der Waals surface area contributed by atoms with Crippen molar-refractivity contribution in [2.45, 2.75) is 17.2 Å². The van der Waals surface area contributed by atoms with E-state index in [0.717, 1.165) is 30.6 Å². The minimum atomic E-state index is -1.13. The molecule has 0 radical (unpaired) electrons. The second kappa shape index (κ2) is 6.17. The van der Waals surface area contributed by atoms with Gasteiger partial charge in [0.1, 0.15) is 0 Å². The summed E-state index contributed by atoms with van der Waals surface area (Å²) in [5, 5.41) is 14.1. The smallest absolute Gasteiger partial charge is 0.271 e. The summed E-state index contributed by atoms with van der Waals surface area (Å²) in [7, 11) is -1.13. The fourth-order valence-electron chi connectivity index (χ4n) is 2.46. The zero-order valence-electron chi connectivity index (χ0n) is 11.3. The van der Waals surface area contributed by atoms with Gasteiger partial charge in [0, 0.05) is 17.9 Å². The molecule has 3 rings (SSSR count). The minimum Gasteiger partial charge on any atom is -0.316 e. The summed E-state index contributed by atoms with van der Waals surface area (Å²) in [5.74, 6) is 1.02. The van der Waals surface area contributed by atoms with Crippen LogP contribution in [0.25, 0.3) is 10.2 Å². The molecule has 1 aliphatic rings. The quantitative estimate of drug-likeness (QED) is 0.689. The Hall–Kier alpha value is -1.38. The van der Waals surface area contributed by atoms with Gasteiger partial charge >= 0.3 is 0 Å². The molecule has 0 unspecified atom stereocenters. The van der Waals surface area contributed by atoms with Gasteiger partial charge in [0.2, 0.25) is 0 Å². The topological polar surface area (TPSA) is 85.1 Å². The van der Waals surface area contributed by atoms with E-state index >= 15 is 0 Å². The largest absolute Gasteiger partial charge is 0.316 e. The monoisotopic (exact) mass is 325 g/mol. The van der Waals surface area contributed by atoms with Crippen LogP contribution in [0, 0.1) is 16.0 Å². The summed E-state index contributed by atoms with van der Waals surface area (Å²) in [4.78, 5) is 14.6. The van der Waals surface area contributed by atoms with Crippen molar-refractivity contribution in [1.82, 2.24) is 10.3 Å². The highest BCUT2D eigenvalue weighted by Crippen LogP contribution is 2.28. The van der Waals surface area contributed by atoms with E-state index in [1.807, 2.05) is 0 Å². The Morgan fingerprint density at radius 2 is 2.38 bits per heavy atom. The van der Waals surface area contributed by atoms with Crippen LogP contribution in [0.3, 0.4) is 0 Å². The molecule has 1 aromatic carbocycles. The van der Waals surface area contributed by atoms with Crippen LogP contribution in [0.15, 0.2) is 22.5 Å². The fraction of sp³-hybridized carbons (Fsp3) is 0.462. The summed E-state index contributed by atoms with van der Waals surface area (Å²) in [6, 6.07) is 4.57. The Morgan fingerprint density at radius 1 is 1.52 bits per heavy atom. The molecule has 0 aliphatic carbocycles. The van der Waals surface area contributed by atoms with Gasteiger partial charge in [0.05, 0.1) is 25.9 Å². The molecule has 1 aromatic heterocycles. The molecule has 112 valence electrons. The summed E-state index contributed by atoms with van der Waals surface area (Å²) in [6.07, 6.45) is 2.21. The summed E-state index contributed by atoms with van der Waals surface area (Å²) < 4.78 is 13.8. The number of thiazole rings is 1. The predicted molar refractivity (Wildman–Crippen MR) is 83.1 cm³/mol. The summed E-state index contributed by atoms with van der Waals surface area (Å²) in [5.41, 5.74) is 0.570. The van der Waals surface area contributed by atoms with Crippen molar-refractivity contribution in [3.8, 4) is 0 Å². The van der Waals surface area contributed by atoms with Gasteiger partial charge in [-0.25, -0.2) is 4.98 Å². The van der Waals surface area contributed by atoms with E-state index < -0.39 is 15.7 Å². The first-order chi connectivity index (χ1) is 10.1. The van der Waals surface area contributed by atoms with Crippen molar-refractivity contribution >= 4 is 38.0 Å². The fourth-order valence-corrected chi connectivity index (χ4v) is 5.04. The van der Waals surface area contributed by atoms with Crippen molar-refractivity contribution in [2.75, 3.05) is 18.8 Å². The number of hydrogen-bond donors (Lipinski definition) is 1. The molecule has 2 aromatic rings. The number of nitrogens with one attached hydrogen (secondary N) is 1. The lowest BCUT2D eigenvalue weighted by Crippen LogP contribution is -2.32. The van der Waals surface area contributed by atoms with Crippen LogP contribution < -0.4 is 5.32 Å². The predicted octanol–water partition coefficient (Wildman–Crippen LogP) is 2.31. The van der Waals surface area contributed by atoms with E-state index in [9.17, 15) is 14.3 Å². The lowest BCUT2D eigenvalue weighted by Gasteiger charge is -2.21. The maximum atomic E-state index is 12.4. The molecule has 0 bridgehead atoms. The van der Waals surface area contributed by atoms with Gasteiger partial charge < -0.3 is 5.32 Å². The number of fused-ring (bicyclic) bond motifs is 1. The number of piperidine rings is 1. The van der Waals surface area contributed by atoms with E-state index in [4.69, 9.17) is 0 Å². The van der Waals surface area contributed by atoms with E-state index in [-0.39, 0.29) is 5.69 Å². The molecule has 1 N–H and O–H groups in total. The molecule has 6 nitrogen and oxygen atoms in total. The van der Waals surface area contributed by atoms with Crippen molar-refractivity contribution in [3.63, 3.8) is 0 Å². The third-order valence-electron chi connectivity index (χ3n) is 3.54. The van der Waals surface area contributed by atoms with Gasteiger partial charge in [-0.05, 0) is 37.9 Å². The lowest BCUT2D eigenvalue weighted by molar-refractivity contribution is -0.384. The van der Waals surface area contributed by atoms with Crippen LogP contribution in [0.2, 0.25) is 0 Å². The van der Waals surface area contributed by atoms with Crippen LogP contribution in [-0.4, -0.2) is 33.0 Å². The Morgan fingerprint density at radius 3 is 3.10 bits per heavy atom. The first kappa shape index (κ1) is 14.6. The maximum Gasteiger partial charge on any atom is 0.271 e. The first-order valence-corrected chi connectivity index (χ1v) is 8.91. The van der Waals surface area contributed by atoms with E-state index in [2.05, 4.69) is 10.3 Å². The third kappa shape index (κ3) is 3.28. The second-order valence-corrected chi connectivity index (χ2v) is 7.81. The number of nitro benzene ring substituents is 1. The van der Waals surface area contributed by atoms with Crippen molar-refractivity contribution in [3.05, 3.63) is 28.3 Å². The molecule has 8 heteroatoms. The number of non-ortho nitro benzene ring substituents is 1. The molecule has 0 saturated carbocycles. The highest BCUT2D eigenvalue weighted by Gasteiger charge is 2.20. The number of nitro groups is 1. The molecule has 1 fully saturated rings. The standard InChI is InChI=1S/C13H15N3O3S2/c17-16(18)10-3-4-12-11(6-10)15-13(20-12)21(19)8-9-2-1-5-14-7-9/h3-4,6,9,14H,1-2,5,7-8H2/t9-,21-/m0/s1. The molecular formula is C13H15N3O3S2. The van der Waals surface area contributed by atoms with Crippen molar-refractivity contribution in [2.24, 2.45) is 5.92 Å². The number of benzene rings is 1. The Balaban J connectivity index is 1.79. The molecule has 2 heterocycles. The zero-order valence-corrected chi connectivity index (χ0v) is 12.9. The average Bonchev–Trinajstić information content (AvgIpc) is 2.91. The third-order valence-corrected chi connectivity index (χ3v) is 6.44. The van der Waals surface area contributed by atoms with Gasteiger partial charge in [-0.3, -0.25) is 14.3 Å². The van der Waals surface area contributed by atoms with E-state index in [1.165, 1.54) is 23.5 Å². The normalized spacial score (nSPS) is 20.5. The Labute approximate surface area is 128 Å². The summed E-state index contributed by atoms with van der Waals surface area (Å²) >= 11 is 1.36. The molecule has 2 atom stereocenters. The molecular weight excluding hydrogens is 310 g/mol. The molecule has 0 amide bonds. The number of hydrogen-bond acceptors (Lipinski definition) is 6. The maximum absolute atomic E-state index is 12.4. The van der Waals surface area contributed by atoms with Crippen LogP contribution >= 0.6 is 11.3 Å². The molecule has 21 heavy (non-hydrogen) atoms. The number of aromatic nitrogens is 1. The van der Waals surface area contributed by atoms with Crippen LogP contribution in [-0.2, 0) is 10.8 Å². The van der Waals surface area contributed by atoms with Gasteiger partial charge in [0.25, 0.3) is 5.69 Å². The van der Waals surface area contributed by atoms with Crippen molar-refractivity contribution in [1.29, 1.82) is 0 Å². The first-order valence-electron chi connectivity index (χ1n) is 6.77. The van der Waals surface area contributed by atoms with E-state index in [0.29, 0.717) is 21.5 Å². The highest BCUT2D eigenvalue weighted by molar-refractivity contribution is 7.87. The van der Waals surface area contributed by atoms with Crippen LogP contribution in [0.5, 0.6) is 0 Å². The van der Waals surface area contributed by atoms with Gasteiger partial charge in [-0.2, -0.15) is 0 Å². The molecule has 0 spiro atoms. The molecule has 1 aliphatic heterocycles. The van der Waals surface area contributed by atoms with Gasteiger partial charge in [-0.15, -0.1) is 11.3 Å². The lowest BCUT2D eigenvalue weighted by atomic mass is 10.0. The Bertz CT molecular complexity index is 695. The average molecular weight is 325 g/mol. The minimum absolute atomic E-state index is 0.0154. The Kier molecular flexibility index (Phi) is 4.27. The van der Waals surface area contributed by atoms with Crippen molar-refractivity contribution < 1.29 is 9.13 Å². The van der Waals surface area contributed by atoms with E-state index in [1.54, 1.807) is 6.07 Å². The van der Waals surface area contributed by atoms with Gasteiger partial charge in [0.15, 0.2) is 4.34 Å².